The first-order chi connectivity index (χ1) is 8.67. The zero-order valence-electron chi connectivity index (χ0n) is 12.2. The fourth-order valence-electron chi connectivity index (χ4n) is 1.85. The molecule has 2 unspecified atom stereocenters. The van der Waals surface area contributed by atoms with Gasteiger partial charge in [-0.05, 0) is 44.4 Å². The van der Waals surface area contributed by atoms with Gasteiger partial charge in [-0.25, -0.2) is 0 Å². The minimum Gasteiger partial charge on any atom is -0.494 e. The van der Waals surface area contributed by atoms with Crippen molar-refractivity contribution in [3.63, 3.8) is 0 Å². The fraction of sp³-hybridized carbons (Fsp3) is 0.625. The van der Waals surface area contributed by atoms with E-state index in [0.717, 1.165) is 25.2 Å². The van der Waals surface area contributed by atoms with Crippen molar-refractivity contribution < 1.29 is 4.74 Å². The summed E-state index contributed by atoms with van der Waals surface area (Å²) in [5.41, 5.74) is 1.30. The number of rotatable bonds is 8. The average Bonchev–Trinajstić information content (AvgIpc) is 2.39. The van der Waals surface area contributed by atoms with E-state index in [1.165, 1.54) is 12.0 Å². The van der Waals surface area contributed by atoms with Crippen LogP contribution in [0.2, 0.25) is 0 Å². The first kappa shape index (κ1) is 15.0. The Kier molecular flexibility index (Phi) is 6.81. The molecule has 0 aliphatic rings. The van der Waals surface area contributed by atoms with Gasteiger partial charge in [-0.1, -0.05) is 32.4 Å². The van der Waals surface area contributed by atoms with Crippen molar-refractivity contribution in [3.05, 3.63) is 29.8 Å². The van der Waals surface area contributed by atoms with Crippen molar-refractivity contribution >= 4 is 0 Å². The molecule has 1 rings (SSSR count). The second kappa shape index (κ2) is 8.15. The fourth-order valence-corrected chi connectivity index (χ4v) is 1.85. The van der Waals surface area contributed by atoms with Gasteiger partial charge in [0.15, 0.2) is 0 Å². The van der Waals surface area contributed by atoms with Crippen molar-refractivity contribution in [2.24, 2.45) is 0 Å². The van der Waals surface area contributed by atoms with Gasteiger partial charge in [0.1, 0.15) is 5.75 Å². The van der Waals surface area contributed by atoms with E-state index < -0.39 is 0 Å². The zero-order valence-corrected chi connectivity index (χ0v) is 12.2. The molecule has 0 amide bonds. The molecule has 0 saturated heterocycles. The van der Waals surface area contributed by atoms with E-state index in [-0.39, 0.29) is 0 Å². The largest absolute Gasteiger partial charge is 0.494 e. The summed E-state index contributed by atoms with van der Waals surface area (Å²) in [6, 6.07) is 9.34. The second-order valence-electron chi connectivity index (χ2n) is 4.97. The van der Waals surface area contributed by atoms with Crippen molar-refractivity contribution in [1.82, 2.24) is 5.32 Å². The molecule has 1 aromatic carbocycles. The molecule has 0 fully saturated rings. The van der Waals surface area contributed by atoms with Crippen molar-refractivity contribution in [2.75, 3.05) is 6.61 Å². The summed E-state index contributed by atoms with van der Waals surface area (Å²) in [6.45, 7) is 9.62. The van der Waals surface area contributed by atoms with Gasteiger partial charge in [-0.2, -0.15) is 0 Å². The van der Waals surface area contributed by atoms with Gasteiger partial charge in [0.2, 0.25) is 0 Å². The van der Waals surface area contributed by atoms with Crippen LogP contribution in [-0.2, 0) is 0 Å². The van der Waals surface area contributed by atoms with Crippen LogP contribution in [0, 0.1) is 0 Å². The van der Waals surface area contributed by atoms with Crippen LogP contribution in [0.3, 0.4) is 0 Å². The van der Waals surface area contributed by atoms with E-state index >= 15 is 0 Å². The van der Waals surface area contributed by atoms with Crippen molar-refractivity contribution in [2.45, 2.75) is 59.0 Å². The SMILES string of the molecule is CCCCOc1cccc(C(C)NC(C)CC)c1. The Labute approximate surface area is 112 Å². The average molecular weight is 249 g/mol. The van der Waals surface area contributed by atoms with Crippen LogP contribution in [-0.4, -0.2) is 12.6 Å². The maximum Gasteiger partial charge on any atom is 0.119 e. The Morgan fingerprint density at radius 1 is 1.22 bits per heavy atom. The smallest absolute Gasteiger partial charge is 0.119 e. The van der Waals surface area contributed by atoms with Gasteiger partial charge < -0.3 is 10.1 Å². The van der Waals surface area contributed by atoms with Crippen molar-refractivity contribution in [3.8, 4) is 5.75 Å². The number of unbranched alkanes of at least 4 members (excludes halogenated alkanes) is 1. The normalized spacial score (nSPS) is 14.2. The van der Waals surface area contributed by atoms with Crippen LogP contribution >= 0.6 is 0 Å². The maximum absolute atomic E-state index is 5.74. The van der Waals surface area contributed by atoms with Crippen LogP contribution in [0.5, 0.6) is 5.75 Å². The third-order valence-electron chi connectivity index (χ3n) is 3.27. The summed E-state index contributed by atoms with van der Waals surface area (Å²) >= 11 is 0. The number of hydrogen-bond donors (Lipinski definition) is 1. The van der Waals surface area contributed by atoms with Gasteiger partial charge in [-0.3, -0.25) is 0 Å². The summed E-state index contributed by atoms with van der Waals surface area (Å²) in [4.78, 5) is 0. The Morgan fingerprint density at radius 3 is 2.67 bits per heavy atom. The quantitative estimate of drug-likeness (QED) is 0.693. The first-order valence-corrected chi connectivity index (χ1v) is 7.16. The third kappa shape index (κ3) is 5.09. The lowest BCUT2D eigenvalue weighted by Crippen LogP contribution is -2.28. The molecule has 0 bridgehead atoms. The number of hydrogen-bond acceptors (Lipinski definition) is 2. The van der Waals surface area contributed by atoms with Crippen LogP contribution in [0.4, 0.5) is 0 Å². The monoisotopic (exact) mass is 249 g/mol. The molecule has 0 aromatic heterocycles. The van der Waals surface area contributed by atoms with Crippen molar-refractivity contribution in [1.29, 1.82) is 0 Å². The molecular formula is C16H27NO. The summed E-state index contributed by atoms with van der Waals surface area (Å²) in [7, 11) is 0. The summed E-state index contributed by atoms with van der Waals surface area (Å²) in [5.74, 6) is 0.985. The molecule has 2 nitrogen and oxygen atoms in total. The minimum atomic E-state index is 0.370. The predicted molar refractivity (Wildman–Crippen MR) is 78.1 cm³/mol. The zero-order chi connectivity index (χ0) is 13.4. The van der Waals surface area contributed by atoms with Crippen LogP contribution in [0.1, 0.15) is 58.6 Å². The molecule has 0 aliphatic heterocycles. The van der Waals surface area contributed by atoms with E-state index in [2.05, 4.69) is 51.2 Å². The van der Waals surface area contributed by atoms with Crippen LogP contribution in [0.15, 0.2) is 24.3 Å². The lowest BCUT2D eigenvalue weighted by Gasteiger charge is -2.19. The summed E-state index contributed by atoms with van der Waals surface area (Å²) in [5, 5.41) is 3.58. The molecular weight excluding hydrogens is 222 g/mol. The van der Waals surface area contributed by atoms with E-state index in [9.17, 15) is 0 Å². The molecule has 18 heavy (non-hydrogen) atoms. The molecule has 1 N–H and O–H groups in total. The van der Waals surface area contributed by atoms with Gasteiger partial charge in [0, 0.05) is 12.1 Å². The lowest BCUT2D eigenvalue weighted by atomic mass is 10.1. The van der Waals surface area contributed by atoms with E-state index in [0.29, 0.717) is 12.1 Å². The Balaban J connectivity index is 2.57. The summed E-state index contributed by atoms with van der Waals surface area (Å²) in [6.07, 6.45) is 3.44. The number of benzene rings is 1. The van der Waals surface area contributed by atoms with Crippen LogP contribution in [0.25, 0.3) is 0 Å². The number of nitrogens with one attached hydrogen (secondary N) is 1. The van der Waals surface area contributed by atoms with E-state index in [1.54, 1.807) is 0 Å². The van der Waals surface area contributed by atoms with Gasteiger partial charge in [-0.15, -0.1) is 0 Å². The van der Waals surface area contributed by atoms with Gasteiger partial charge in [0.25, 0.3) is 0 Å². The molecule has 0 radical (unpaired) electrons. The Morgan fingerprint density at radius 2 is 2.00 bits per heavy atom. The van der Waals surface area contributed by atoms with E-state index in [1.807, 2.05) is 6.07 Å². The van der Waals surface area contributed by atoms with Gasteiger partial charge >= 0.3 is 0 Å². The molecule has 0 aliphatic carbocycles. The van der Waals surface area contributed by atoms with Gasteiger partial charge in [0.05, 0.1) is 6.61 Å². The molecule has 2 atom stereocenters. The highest BCUT2D eigenvalue weighted by Crippen LogP contribution is 2.20. The summed E-state index contributed by atoms with van der Waals surface area (Å²) < 4.78 is 5.74. The Bertz CT molecular complexity index is 338. The highest BCUT2D eigenvalue weighted by molar-refractivity contribution is 5.30. The molecule has 102 valence electrons. The molecule has 0 heterocycles. The first-order valence-electron chi connectivity index (χ1n) is 7.16. The topological polar surface area (TPSA) is 21.3 Å². The second-order valence-corrected chi connectivity index (χ2v) is 4.97. The highest BCUT2D eigenvalue weighted by Gasteiger charge is 2.08. The molecule has 2 heteroatoms. The minimum absolute atomic E-state index is 0.370. The third-order valence-corrected chi connectivity index (χ3v) is 3.27. The predicted octanol–water partition coefficient (Wildman–Crippen LogP) is 4.31. The molecule has 0 spiro atoms. The van der Waals surface area contributed by atoms with E-state index in [4.69, 9.17) is 4.74 Å². The number of ether oxygens (including phenoxy) is 1. The Hall–Kier alpha value is -1.02. The standard InChI is InChI=1S/C16H27NO/c1-5-7-11-18-16-10-8-9-15(12-16)14(4)17-13(3)6-2/h8-10,12-14,17H,5-7,11H2,1-4H3. The lowest BCUT2D eigenvalue weighted by molar-refractivity contribution is 0.308. The van der Waals surface area contributed by atoms with Crippen LogP contribution < -0.4 is 10.1 Å². The highest BCUT2D eigenvalue weighted by atomic mass is 16.5. The molecule has 1 aromatic rings. The maximum atomic E-state index is 5.74. The molecule has 0 saturated carbocycles.